The van der Waals surface area contributed by atoms with E-state index in [4.69, 9.17) is 11.5 Å². The third-order valence-corrected chi connectivity index (χ3v) is 6.54. The maximum atomic E-state index is 13.1. The lowest BCUT2D eigenvalue weighted by Crippen LogP contribution is -2.56. The van der Waals surface area contributed by atoms with Crippen LogP contribution in [0.1, 0.15) is 58.9 Å². The molecule has 250 valence electrons. The van der Waals surface area contributed by atoms with Gasteiger partial charge in [-0.25, -0.2) is 4.79 Å². The summed E-state index contributed by atoms with van der Waals surface area (Å²) in [4.78, 5) is 86.8. The second-order valence-electron chi connectivity index (χ2n) is 11.6. The highest BCUT2D eigenvalue weighted by molar-refractivity contribution is 5.95. The summed E-state index contributed by atoms with van der Waals surface area (Å²) in [5.41, 5.74) is 11.2. The van der Waals surface area contributed by atoms with E-state index < -0.39 is 78.7 Å². The topological polar surface area (TPSA) is 252 Å². The molecule has 0 aliphatic heterocycles. The predicted octanol–water partition coefficient (Wildman–Crippen LogP) is -1.31. The van der Waals surface area contributed by atoms with Crippen molar-refractivity contribution in [2.45, 2.75) is 84.0 Å². The van der Waals surface area contributed by atoms with E-state index in [1.54, 1.807) is 30.3 Å². The fraction of sp³-hybridized carbons (Fsp3) is 0.567. The molecular formula is C30H47N7O8. The summed E-state index contributed by atoms with van der Waals surface area (Å²) in [6.07, 6.45) is 0.120. The zero-order chi connectivity index (χ0) is 34.1. The number of hydrogen-bond acceptors (Lipinski definition) is 8. The van der Waals surface area contributed by atoms with Crippen molar-refractivity contribution < 1.29 is 38.7 Å². The van der Waals surface area contributed by atoms with Gasteiger partial charge in [0.1, 0.15) is 24.2 Å². The predicted molar refractivity (Wildman–Crippen MR) is 165 cm³/mol. The van der Waals surface area contributed by atoms with Crippen molar-refractivity contribution in [3.8, 4) is 0 Å². The van der Waals surface area contributed by atoms with Gasteiger partial charge in [0, 0.05) is 12.8 Å². The van der Waals surface area contributed by atoms with E-state index in [2.05, 4.69) is 26.6 Å². The molecule has 0 radical (unpaired) electrons. The third-order valence-electron chi connectivity index (χ3n) is 6.54. The number of rotatable bonds is 20. The largest absolute Gasteiger partial charge is 0.480 e. The maximum Gasteiger partial charge on any atom is 0.326 e. The number of hydrogen-bond donors (Lipinski definition) is 8. The molecule has 0 saturated carbocycles. The molecule has 0 aliphatic rings. The molecule has 15 nitrogen and oxygen atoms in total. The van der Waals surface area contributed by atoms with Gasteiger partial charge in [0.15, 0.2) is 0 Å². The lowest BCUT2D eigenvalue weighted by atomic mass is 10.0. The number of nitrogens with two attached hydrogens (primary N) is 2. The molecule has 15 heteroatoms. The van der Waals surface area contributed by atoms with Gasteiger partial charge in [0.05, 0.1) is 13.1 Å². The van der Waals surface area contributed by atoms with Crippen LogP contribution in [0.2, 0.25) is 0 Å². The smallest absolute Gasteiger partial charge is 0.326 e. The van der Waals surface area contributed by atoms with Gasteiger partial charge in [-0.05, 0) is 36.7 Å². The first-order valence-electron chi connectivity index (χ1n) is 14.8. The Labute approximate surface area is 263 Å². The number of aliphatic carboxylic acids is 1. The minimum Gasteiger partial charge on any atom is -0.480 e. The summed E-state index contributed by atoms with van der Waals surface area (Å²) >= 11 is 0. The van der Waals surface area contributed by atoms with Gasteiger partial charge in [0.2, 0.25) is 35.4 Å². The fourth-order valence-electron chi connectivity index (χ4n) is 4.34. The molecule has 6 amide bonds. The van der Waals surface area contributed by atoms with Crippen molar-refractivity contribution in [1.29, 1.82) is 0 Å². The van der Waals surface area contributed by atoms with Gasteiger partial charge < -0.3 is 43.2 Å². The molecule has 0 bridgehead atoms. The monoisotopic (exact) mass is 633 g/mol. The first-order valence-corrected chi connectivity index (χ1v) is 14.8. The number of primary amides is 1. The lowest BCUT2D eigenvalue weighted by molar-refractivity contribution is -0.142. The van der Waals surface area contributed by atoms with Crippen molar-refractivity contribution in [2.75, 3.05) is 13.1 Å². The quantitative estimate of drug-likeness (QED) is 0.0847. The zero-order valence-corrected chi connectivity index (χ0v) is 26.3. The number of carboxylic acid groups (broad SMARTS) is 1. The van der Waals surface area contributed by atoms with Crippen molar-refractivity contribution in [3.63, 3.8) is 0 Å². The van der Waals surface area contributed by atoms with Gasteiger partial charge in [0.25, 0.3) is 0 Å². The molecule has 10 N–H and O–H groups in total. The van der Waals surface area contributed by atoms with Gasteiger partial charge in [-0.1, -0.05) is 58.0 Å². The molecular weight excluding hydrogens is 586 g/mol. The van der Waals surface area contributed by atoms with Crippen LogP contribution in [0, 0.1) is 11.8 Å². The highest BCUT2D eigenvalue weighted by atomic mass is 16.4. The average Bonchev–Trinajstić information content (AvgIpc) is 2.96. The van der Waals surface area contributed by atoms with E-state index in [0.717, 1.165) is 0 Å². The zero-order valence-electron chi connectivity index (χ0n) is 26.3. The standard InChI is InChI=1S/C30H47N7O8/c1-17(2)12-21(36-28(42)20(10-11-24(32)38)34-25(39)15-31)27(41)33-16-26(40)35-22(13-18(3)4)29(43)37-23(30(44)45)14-19-8-6-5-7-9-19/h5-9,17-18,20-23H,10-16,31H2,1-4H3,(H2,32,38)(H,33,41)(H,34,39)(H,35,40)(H,36,42)(H,37,43)(H,44,45)/t20-,21-,22-,23-/m0/s1. The number of amides is 6. The molecule has 0 aromatic heterocycles. The molecule has 45 heavy (non-hydrogen) atoms. The molecule has 1 rings (SSSR count). The first kappa shape index (κ1) is 38.5. The van der Waals surface area contributed by atoms with Crippen molar-refractivity contribution in [3.05, 3.63) is 35.9 Å². The lowest BCUT2D eigenvalue weighted by Gasteiger charge is -2.25. The van der Waals surface area contributed by atoms with Crippen molar-refractivity contribution in [2.24, 2.45) is 23.3 Å². The van der Waals surface area contributed by atoms with E-state index in [1.165, 1.54) is 0 Å². The highest BCUT2D eigenvalue weighted by Gasteiger charge is 2.30. The van der Waals surface area contributed by atoms with Crippen LogP contribution in [0.25, 0.3) is 0 Å². The number of carbonyl (C=O) groups is 7. The SMILES string of the molecule is CC(C)C[C@H](NC(=O)CNC(=O)[C@H](CC(C)C)NC(=O)[C@H](CCC(N)=O)NC(=O)CN)C(=O)N[C@@H](Cc1ccccc1)C(=O)O. The maximum absolute atomic E-state index is 13.1. The average molecular weight is 634 g/mol. The normalized spacial score (nSPS) is 13.6. The number of carboxylic acids is 1. The number of benzene rings is 1. The molecule has 0 unspecified atom stereocenters. The van der Waals surface area contributed by atoms with Crippen LogP contribution in [-0.4, -0.2) is 83.8 Å². The molecule has 1 aromatic carbocycles. The third kappa shape index (κ3) is 15.7. The minimum absolute atomic E-state index is 0.0408. The Balaban J connectivity index is 2.91. The highest BCUT2D eigenvalue weighted by Crippen LogP contribution is 2.09. The Morgan fingerprint density at radius 2 is 1.22 bits per heavy atom. The summed E-state index contributed by atoms with van der Waals surface area (Å²) in [7, 11) is 0. The Hall–Kier alpha value is -4.53. The Morgan fingerprint density at radius 1 is 0.711 bits per heavy atom. The molecule has 0 saturated heterocycles. The Morgan fingerprint density at radius 3 is 1.73 bits per heavy atom. The van der Waals surface area contributed by atoms with Gasteiger partial charge in [-0.2, -0.15) is 0 Å². The number of carbonyl (C=O) groups excluding carboxylic acids is 6. The Kier molecular flexibility index (Phi) is 16.8. The van der Waals surface area contributed by atoms with Gasteiger partial charge in [-0.15, -0.1) is 0 Å². The van der Waals surface area contributed by atoms with Gasteiger partial charge >= 0.3 is 5.97 Å². The summed E-state index contributed by atoms with van der Waals surface area (Å²) in [6.45, 7) is 6.36. The van der Waals surface area contributed by atoms with Crippen molar-refractivity contribution in [1.82, 2.24) is 26.6 Å². The summed E-state index contributed by atoms with van der Waals surface area (Å²) < 4.78 is 0. The van der Waals surface area contributed by atoms with E-state index >= 15 is 0 Å². The molecule has 0 fully saturated rings. The van der Waals surface area contributed by atoms with Crippen LogP contribution in [0.5, 0.6) is 0 Å². The number of nitrogens with one attached hydrogen (secondary N) is 5. The molecule has 0 spiro atoms. The van der Waals surface area contributed by atoms with Crippen molar-refractivity contribution >= 4 is 41.4 Å². The first-order chi connectivity index (χ1) is 21.1. The summed E-state index contributed by atoms with van der Waals surface area (Å²) in [6, 6.07) is 4.21. The van der Waals surface area contributed by atoms with Crippen LogP contribution in [-0.2, 0) is 40.0 Å². The van der Waals surface area contributed by atoms with Crippen LogP contribution in [0.15, 0.2) is 30.3 Å². The molecule has 0 heterocycles. The minimum atomic E-state index is -1.23. The van der Waals surface area contributed by atoms with Gasteiger partial charge in [-0.3, -0.25) is 28.8 Å². The van der Waals surface area contributed by atoms with Crippen LogP contribution >= 0.6 is 0 Å². The van der Waals surface area contributed by atoms with Crippen LogP contribution in [0.3, 0.4) is 0 Å². The van der Waals surface area contributed by atoms with E-state index in [-0.39, 0.29) is 43.9 Å². The molecule has 0 aliphatic carbocycles. The second-order valence-corrected chi connectivity index (χ2v) is 11.6. The van der Waals surface area contributed by atoms with E-state index in [9.17, 15) is 38.7 Å². The van der Waals surface area contributed by atoms with Crippen LogP contribution < -0.4 is 38.1 Å². The molecule has 1 aromatic rings. The van der Waals surface area contributed by atoms with E-state index in [0.29, 0.717) is 5.56 Å². The van der Waals surface area contributed by atoms with E-state index in [1.807, 2.05) is 27.7 Å². The fourth-order valence-corrected chi connectivity index (χ4v) is 4.34. The molecule has 4 atom stereocenters. The summed E-state index contributed by atoms with van der Waals surface area (Å²) in [5.74, 6) is -5.47. The second kappa shape index (κ2) is 19.7. The van der Waals surface area contributed by atoms with Crippen LogP contribution in [0.4, 0.5) is 0 Å². The summed E-state index contributed by atoms with van der Waals surface area (Å²) in [5, 5.41) is 22.1. The Bertz CT molecular complexity index is 1180.